The molecule has 1 aromatic heterocycles. The van der Waals surface area contributed by atoms with Gasteiger partial charge in [0, 0.05) is 13.6 Å². The van der Waals surface area contributed by atoms with Crippen LogP contribution in [-0.2, 0) is 23.5 Å². The maximum atomic E-state index is 12.9. The van der Waals surface area contributed by atoms with Crippen LogP contribution in [0.3, 0.4) is 0 Å². The first kappa shape index (κ1) is 13.3. The van der Waals surface area contributed by atoms with Crippen molar-refractivity contribution in [2.75, 3.05) is 10.8 Å². The largest absolute Gasteiger partial charge is 0.334 e. The van der Waals surface area contributed by atoms with Crippen molar-refractivity contribution in [3.05, 3.63) is 54.4 Å². The molecule has 0 aliphatic carbocycles. The van der Waals surface area contributed by atoms with Crippen LogP contribution < -0.4 is 4.31 Å². The molecule has 1 aliphatic heterocycles. The van der Waals surface area contributed by atoms with E-state index in [1.165, 1.54) is 4.31 Å². The molecule has 0 fully saturated rings. The van der Waals surface area contributed by atoms with E-state index in [0.29, 0.717) is 12.1 Å². The van der Waals surface area contributed by atoms with Crippen LogP contribution >= 0.6 is 0 Å². The molecule has 0 atom stereocenters. The molecule has 6 heteroatoms. The first-order valence-electron chi connectivity index (χ1n) is 7.09. The third-order valence-corrected chi connectivity index (χ3v) is 5.94. The SMILES string of the molecule is Cn1cnc2cc(S(=O)(=O)N3CCc4ccccc43)ccc21. The van der Waals surface area contributed by atoms with Crippen LogP contribution in [-0.4, -0.2) is 24.5 Å². The minimum absolute atomic E-state index is 0.287. The Hall–Kier alpha value is -2.34. The van der Waals surface area contributed by atoms with Gasteiger partial charge in [0.15, 0.2) is 0 Å². The first-order valence-corrected chi connectivity index (χ1v) is 8.53. The molecule has 3 aromatic rings. The number of rotatable bonds is 2. The zero-order valence-electron chi connectivity index (χ0n) is 12.1. The van der Waals surface area contributed by atoms with Crippen molar-refractivity contribution in [2.45, 2.75) is 11.3 Å². The van der Waals surface area contributed by atoms with Gasteiger partial charge in [0.2, 0.25) is 0 Å². The van der Waals surface area contributed by atoms with E-state index in [9.17, 15) is 8.42 Å². The molecule has 4 rings (SSSR count). The normalized spacial score (nSPS) is 14.5. The van der Waals surface area contributed by atoms with Gasteiger partial charge in [-0.1, -0.05) is 18.2 Å². The number of benzene rings is 2. The molecule has 2 aromatic carbocycles. The van der Waals surface area contributed by atoms with E-state index in [4.69, 9.17) is 0 Å². The summed E-state index contributed by atoms with van der Waals surface area (Å²) in [5.74, 6) is 0. The van der Waals surface area contributed by atoms with Gasteiger partial charge in [-0.2, -0.15) is 0 Å². The highest BCUT2D eigenvalue weighted by Crippen LogP contribution is 2.33. The van der Waals surface area contributed by atoms with Crippen molar-refractivity contribution in [3.63, 3.8) is 0 Å². The lowest BCUT2D eigenvalue weighted by atomic mass is 10.2. The van der Waals surface area contributed by atoms with Crippen molar-refractivity contribution in [1.82, 2.24) is 9.55 Å². The third kappa shape index (κ3) is 1.84. The number of nitrogens with zero attached hydrogens (tertiary/aromatic N) is 3. The van der Waals surface area contributed by atoms with Crippen LogP contribution in [0.15, 0.2) is 53.7 Å². The molecule has 5 nitrogen and oxygen atoms in total. The van der Waals surface area contributed by atoms with Gasteiger partial charge in [-0.05, 0) is 36.2 Å². The molecule has 2 heterocycles. The highest BCUT2D eigenvalue weighted by molar-refractivity contribution is 7.92. The number of hydrogen-bond acceptors (Lipinski definition) is 3. The van der Waals surface area contributed by atoms with Gasteiger partial charge in [0.25, 0.3) is 10.0 Å². The zero-order chi connectivity index (χ0) is 15.3. The van der Waals surface area contributed by atoms with Crippen molar-refractivity contribution >= 4 is 26.7 Å². The van der Waals surface area contributed by atoms with E-state index < -0.39 is 10.0 Å². The summed E-state index contributed by atoms with van der Waals surface area (Å²) in [4.78, 5) is 4.53. The third-order valence-electron chi connectivity index (χ3n) is 4.13. The van der Waals surface area contributed by atoms with E-state index in [1.807, 2.05) is 35.9 Å². The number of anilines is 1. The average Bonchev–Trinajstić information content (AvgIpc) is 3.11. The first-order chi connectivity index (χ1) is 10.6. The second-order valence-electron chi connectivity index (χ2n) is 5.46. The number of sulfonamides is 1. The monoisotopic (exact) mass is 313 g/mol. The fourth-order valence-electron chi connectivity index (χ4n) is 2.96. The Morgan fingerprint density at radius 3 is 2.82 bits per heavy atom. The zero-order valence-corrected chi connectivity index (χ0v) is 12.9. The van der Waals surface area contributed by atoms with Crippen molar-refractivity contribution < 1.29 is 8.42 Å². The van der Waals surface area contributed by atoms with Crippen LogP contribution in [0, 0.1) is 0 Å². The fourth-order valence-corrected chi connectivity index (χ4v) is 4.49. The van der Waals surface area contributed by atoms with Crippen LogP contribution in [0.4, 0.5) is 5.69 Å². The fraction of sp³-hybridized carbons (Fsp3) is 0.188. The van der Waals surface area contributed by atoms with Gasteiger partial charge >= 0.3 is 0 Å². The molecule has 0 N–H and O–H groups in total. The maximum Gasteiger partial charge on any atom is 0.264 e. The van der Waals surface area contributed by atoms with Gasteiger partial charge in [-0.15, -0.1) is 0 Å². The summed E-state index contributed by atoms with van der Waals surface area (Å²) in [5.41, 5.74) is 3.46. The van der Waals surface area contributed by atoms with Crippen molar-refractivity contribution in [2.24, 2.45) is 7.05 Å². The van der Waals surface area contributed by atoms with Gasteiger partial charge in [-0.25, -0.2) is 13.4 Å². The highest BCUT2D eigenvalue weighted by Gasteiger charge is 2.30. The number of fused-ring (bicyclic) bond motifs is 2. The highest BCUT2D eigenvalue weighted by atomic mass is 32.2. The lowest BCUT2D eigenvalue weighted by Gasteiger charge is -2.19. The molecule has 0 radical (unpaired) electrons. The molecule has 0 bridgehead atoms. The van der Waals surface area contributed by atoms with Gasteiger partial charge in [0.05, 0.1) is 27.9 Å². The molecule has 0 unspecified atom stereocenters. The topological polar surface area (TPSA) is 55.2 Å². The lowest BCUT2D eigenvalue weighted by molar-refractivity contribution is 0.592. The molecule has 1 aliphatic rings. The Labute approximate surface area is 128 Å². The van der Waals surface area contributed by atoms with E-state index >= 15 is 0 Å². The Kier molecular flexibility index (Phi) is 2.77. The molecule has 22 heavy (non-hydrogen) atoms. The predicted octanol–water partition coefficient (Wildman–Crippen LogP) is 2.32. The van der Waals surface area contributed by atoms with Crippen LogP contribution in [0.25, 0.3) is 11.0 Å². The molecule has 0 saturated heterocycles. The van der Waals surface area contributed by atoms with Crippen LogP contribution in [0.2, 0.25) is 0 Å². The second kappa shape index (κ2) is 4.58. The van der Waals surface area contributed by atoms with E-state index in [2.05, 4.69) is 4.98 Å². The molecule has 0 amide bonds. The minimum Gasteiger partial charge on any atom is -0.334 e. The van der Waals surface area contributed by atoms with E-state index in [0.717, 1.165) is 23.2 Å². The number of hydrogen-bond donors (Lipinski definition) is 0. The number of aryl methyl sites for hydroxylation is 1. The Morgan fingerprint density at radius 1 is 1.14 bits per heavy atom. The summed E-state index contributed by atoms with van der Waals surface area (Å²) in [6, 6.07) is 12.7. The van der Waals surface area contributed by atoms with Crippen molar-refractivity contribution in [1.29, 1.82) is 0 Å². The summed E-state index contributed by atoms with van der Waals surface area (Å²) < 4.78 is 29.2. The molecule has 0 spiro atoms. The van der Waals surface area contributed by atoms with Crippen molar-refractivity contribution in [3.8, 4) is 0 Å². The average molecular weight is 313 g/mol. The van der Waals surface area contributed by atoms with Crippen LogP contribution in [0.1, 0.15) is 5.56 Å². The summed E-state index contributed by atoms with van der Waals surface area (Å²) >= 11 is 0. The second-order valence-corrected chi connectivity index (χ2v) is 7.32. The van der Waals surface area contributed by atoms with E-state index in [1.54, 1.807) is 24.5 Å². The standard InChI is InChI=1S/C16H15N3O2S/c1-18-11-17-14-10-13(6-7-16(14)18)22(20,21)19-9-8-12-4-2-3-5-15(12)19/h2-7,10-11H,8-9H2,1H3. The number of imidazole rings is 1. The summed E-state index contributed by atoms with van der Waals surface area (Å²) in [6.07, 6.45) is 2.44. The molecule has 0 saturated carbocycles. The summed E-state index contributed by atoms with van der Waals surface area (Å²) in [5, 5.41) is 0. The summed E-state index contributed by atoms with van der Waals surface area (Å²) in [7, 11) is -1.66. The minimum atomic E-state index is -3.55. The Bertz CT molecular complexity index is 976. The van der Waals surface area contributed by atoms with Gasteiger partial charge in [-0.3, -0.25) is 4.31 Å². The maximum absolute atomic E-state index is 12.9. The molecular formula is C16H15N3O2S. The number of aromatic nitrogens is 2. The van der Waals surface area contributed by atoms with Crippen LogP contribution in [0.5, 0.6) is 0 Å². The smallest absolute Gasteiger partial charge is 0.264 e. The number of para-hydroxylation sites is 1. The van der Waals surface area contributed by atoms with E-state index in [-0.39, 0.29) is 4.90 Å². The Balaban J connectivity index is 1.83. The lowest BCUT2D eigenvalue weighted by Crippen LogP contribution is -2.29. The predicted molar refractivity (Wildman–Crippen MR) is 85.4 cm³/mol. The van der Waals surface area contributed by atoms with Gasteiger partial charge in [0.1, 0.15) is 0 Å². The Morgan fingerprint density at radius 2 is 1.95 bits per heavy atom. The molecule has 112 valence electrons. The molecular weight excluding hydrogens is 298 g/mol. The van der Waals surface area contributed by atoms with Gasteiger partial charge < -0.3 is 4.57 Å². The summed E-state index contributed by atoms with van der Waals surface area (Å²) in [6.45, 7) is 0.488. The quantitative estimate of drug-likeness (QED) is 0.729.